The Morgan fingerprint density at radius 1 is 1.38 bits per heavy atom. The monoisotopic (exact) mass is 290 g/mol. The van der Waals surface area contributed by atoms with E-state index in [1.165, 1.54) is 0 Å². The molecule has 1 aromatic rings. The first-order valence-corrected chi connectivity index (χ1v) is 7.46. The second kappa shape index (κ2) is 7.11. The van der Waals surface area contributed by atoms with E-state index in [-0.39, 0.29) is 12.5 Å². The molecule has 1 aliphatic rings. The lowest BCUT2D eigenvalue weighted by Crippen LogP contribution is -2.31. The van der Waals surface area contributed by atoms with Gasteiger partial charge < -0.3 is 15.7 Å². The molecule has 5 nitrogen and oxygen atoms in total. The highest BCUT2D eigenvalue weighted by Gasteiger charge is 2.37. The molecule has 1 saturated carbocycles. The third-order valence-corrected chi connectivity index (χ3v) is 3.71. The van der Waals surface area contributed by atoms with Crippen molar-refractivity contribution in [2.24, 2.45) is 5.92 Å². The Kier molecular flexibility index (Phi) is 5.20. The molecule has 2 amide bonds. The summed E-state index contributed by atoms with van der Waals surface area (Å²) in [4.78, 5) is 22.4. The topological polar surface area (TPSA) is 78.4 Å². The number of rotatable bonds is 7. The molecule has 0 heterocycles. The Labute approximate surface area is 124 Å². The van der Waals surface area contributed by atoms with E-state index in [1.807, 2.05) is 18.2 Å². The first kappa shape index (κ1) is 15.4. The molecular formula is C16H22N2O3. The van der Waals surface area contributed by atoms with Crippen LogP contribution < -0.4 is 10.6 Å². The molecule has 2 rings (SSSR count). The highest BCUT2D eigenvalue weighted by atomic mass is 16.4. The summed E-state index contributed by atoms with van der Waals surface area (Å²) < 4.78 is 0. The van der Waals surface area contributed by atoms with E-state index in [2.05, 4.69) is 17.6 Å². The predicted octanol–water partition coefficient (Wildman–Crippen LogP) is 3.01. The van der Waals surface area contributed by atoms with Crippen molar-refractivity contribution in [3.05, 3.63) is 29.8 Å². The number of carboxylic acid groups (broad SMARTS) is 1. The number of aliphatic carboxylic acids is 1. The summed E-state index contributed by atoms with van der Waals surface area (Å²) in [5, 5.41) is 14.5. The van der Waals surface area contributed by atoms with Gasteiger partial charge in [-0.3, -0.25) is 4.79 Å². The van der Waals surface area contributed by atoms with Gasteiger partial charge in [0.2, 0.25) is 0 Å². The maximum Gasteiger partial charge on any atom is 0.319 e. The fraction of sp³-hybridized carbons (Fsp3) is 0.500. The maximum atomic E-state index is 11.9. The van der Waals surface area contributed by atoms with Crippen LogP contribution >= 0.6 is 0 Å². The van der Waals surface area contributed by atoms with Gasteiger partial charge in [0.25, 0.3) is 0 Å². The number of hydrogen-bond donors (Lipinski definition) is 3. The number of carbonyl (C=O) groups excluding carboxylic acids is 1. The molecule has 1 fully saturated rings. The number of aryl methyl sites for hydroxylation is 1. The number of benzene rings is 1. The summed E-state index contributed by atoms with van der Waals surface area (Å²) in [5.41, 5.74) is 1.61. The minimum Gasteiger partial charge on any atom is -0.481 e. The minimum atomic E-state index is -0.818. The maximum absolute atomic E-state index is 11.9. The van der Waals surface area contributed by atoms with Crippen molar-refractivity contribution >= 4 is 17.7 Å². The molecule has 5 heteroatoms. The van der Waals surface area contributed by atoms with E-state index in [4.69, 9.17) is 5.11 Å². The van der Waals surface area contributed by atoms with Crippen molar-refractivity contribution in [1.82, 2.24) is 5.32 Å². The van der Waals surface area contributed by atoms with Gasteiger partial charge >= 0.3 is 12.0 Å². The lowest BCUT2D eigenvalue weighted by Gasteiger charge is -2.08. The molecule has 0 spiro atoms. The van der Waals surface area contributed by atoms with Gasteiger partial charge in [0.05, 0.1) is 0 Å². The number of carbonyl (C=O) groups is 2. The average Bonchev–Trinajstić information content (AvgIpc) is 3.15. The van der Waals surface area contributed by atoms with Crippen molar-refractivity contribution in [1.29, 1.82) is 0 Å². The summed E-state index contributed by atoms with van der Waals surface area (Å²) in [7, 11) is 0. The normalized spacial score (nSPS) is 19.9. The molecule has 2 unspecified atom stereocenters. The van der Waals surface area contributed by atoms with Crippen molar-refractivity contribution in [2.75, 3.05) is 5.32 Å². The summed E-state index contributed by atoms with van der Waals surface area (Å²) >= 11 is 0. The predicted molar refractivity (Wildman–Crippen MR) is 81.4 cm³/mol. The fourth-order valence-electron chi connectivity index (χ4n) is 2.51. The van der Waals surface area contributed by atoms with E-state index < -0.39 is 5.97 Å². The van der Waals surface area contributed by atoms with Crippen molar-refractivity contribution in [3.8, 4) is 0 Å². The van der Waals surface area contributed by atoms with Gasteiger partial charge in [-0.05, 0) is 42.9 Å². The third-order valence-electron chi connectivity index (χ3n) is 3.71. The van der Waals surface area contributed by atoms with Gasteiger partial charge in [-0.1, -0.05) is 25.5 Å². The van der Waals surface area contributed by atoms with Crippen molar-refractivity contribution < 1.29 is 14.7 Å². The van der Waals surface area contributed by atoms with Gasteiger partial charge in [-0.15, -0.1) is 0 Å². The number of urea groups is 1. The molecule has 1 aromatic carbocycles. The molecule has 114 valence electrons. The number of hydrogen-bond acceptors (Lipinski definition) is 2. The third kappa shape index (κ3) is 5.10. The Balaban J connectivity index is 1.81. The van der Waals surface area contributed by atoms with Crippen LogP contribution in [0, 0.1) is 5.92 Å². The lowest BCUT2D eigenvalue weighted by molar-refractivity contribution is -0.136. The fourth-order valence-corrected chi connectivity index (χ4v) is 2.51. The first-order chi connectivity index (χ1) is 10.1. The summed E-state index contributed by atoms with van der Waals surface area (Å²) in [6.07, 6.45) is 3.94. The Bertz CT molecular complexity index is 516. The van der Waals surface area contributed by atoms with E-state index in [0.29, 0.717) is 24.1 Å². The molecule has 0 aromatic heterocycles. The zero-order valence-electron chi connectivity index (χ0n) is 12.3. The van der Waals surface area contributed by atoms with Gasteiger partial charge in [-0.2, -0.15) is 0 Å². The lowest BCUT2D eigenvalue weighted by atomic mass is 10.1. The van der Waals surface area contributed by atoms with E-state index in [9.17, 15) is 9.59 Å². The Hall–Kier alpha value is -2.04. The molecule has 3 N–H and O–H groups in total. The van der Waals surface area contributed by atoms with Crippen LogP contribution in [0.2, 0.25) is 0 Å². The molecular weight excluding hydrogens is 268 g/mol. The largest absolute Gasteiger partial charge is 0.481 e. The molecule has 0 aliphatic heterocycles. The van der Waals surface area contributed by atoms with Gasteiger partial charge in [-0.25, -0.2) is 4.79 Å². The van der Waals surface area contributed by atoms with Gasteiger partial charge in [0.1, 0.15) is 0 Å². The van der Waals surface area contributed by atoms with Crippen LogP contribution in [-0.4, -0.2) is 23.1 Å². The second-order valence-corrected chi connectivity index (χ2v) is 5.58. The molecule has 1 aliphatic carbocycles. The summed E-state index contributed by atoms with van der Waals surface area (Å²) in [6, 6.07) is 7.43. The van der Waals surface area contributed by atoms with Crippen LogP contribution in [0.1, 0.15) is 38.2 Å². The molecule has 2 atom stereocenters. The summed E-state index contributed by atoms with van der Waals surface area (Å²) in [5.74, 6) is -0.190. The van der Waals surface area contributed by atoms with Crippen molar-refractivity contribution in [3.63, 3.8) is 0 Å². The van der Waals surface area contributed by atoms with Crippen LogP contribution in [0.3, 0.4) is 0 Å². The van der Waals surface area contributed by atoms with Crippen molar-refractivity contribution in [2.45, 2.75) is 45.1 Å². The quantitative estimate of drug-likeness (QED) is 0.722. The van der Waals surface area contributed by atoms with E-state index in [0.717, 1.165) is 24.8 Å². The standard InChI is InChI=1S/C16H22N2O3/c1-2-4-12-10-14(12)18-16(21)17-13-6-3-5-11(9-13)7-8-15(19)20/h3,5-6,9,12,14H,2,4,7-8,10H2,1H3,(H,19,20)(H2,17,18,21). The highest BCUT2D eigenvalue weighted by molar-refractivity contribution is 5.89. The Morgan fingerprint density at radius 2 is 2.19 bits per heavy atom. The number of carboxylic acids is 1. The minimum absolute atomic E-state index is 0.0937. The van der Waals surface area contributed by atoms with Crippen LogP contribution in [-0.2, 0) is 11.2 Å². The number of anilines is 1. The zero-order chi connectivity index (χ0) is 15.2. The van der Waals surface area contributed by atoms with Crippen LogP contribution in [0.4, 0.5) is 10.5 Å². The number of nitrogens with one attached hydrogen (secondary N) is 2. The smallest absolute Gasteiger partial charge is 0.319 e. The highest BCUT2D eigenvalue weighted by Crippen LogP contribution is 2.34. The second-order valence-electron chi connectivity index (χ2n) is 5.58. The Morgan fingerprint density at radius 3 is 2.90 bits per heavy atom. The average molecular weight is 290 g/mol. The number of amides is 2. The van der Waals surface area contributed by atoms with E-state index in [1.54, 1.807) is 6.07 Å². The molecule has 0 saturated heterocycles. The molecule has 0 bridgehead atoms. The van der Waals surface area contributed by atoms with Gasteiger partial charge in [0, 0.05) is 18.2 Å². The van der Waals surface area contributed by atoms with Gasteiger partial charge in [0.15, 0.2) is 0 Å². The zero-order valence-corrected chi connectivity index (χ0v) is 12.3. The van der Waals surface area contributed by atoms with Crippen LogP contribution in [0.5, 0.6) is 0 Å². The van der Waals surface area contributed by atoms with Crippen LogP contribution in [0.25, 0.3) is 0 Å². The first-order valence-electron chi connectivity index (χ1n) is 7.46. The molecule has 21 heavy (non-hydrogen) atoms. The summed E-state index contributed by atoms with van der Waals surface area (Å²) in [6.45, 7) is 2.15. The molecule has 0 radical (unpaired) electrons. The van der Waals surface area contributed by atoms with E-state index >= 15 is 0 Å². The SMILES string of the molecule is CCCC1CC1NC(=O)Nc1cccc(CCC(=O)O)c1. The van der Waals surface area contributed by atoms with Crippen LogP contribution in [0.15, 0.2) is 24.3 Å².